The monoisotopic (exact) mass is 548 g/mol. The molecule has 0 aliphatic carbocycles. The van der Waals surface area contributed by atoms with Crippen LogP contribution in [0.1, 0.15) is 20.7 Å². The van der Waals surface area contributed by atoms with Gasteiger partial charge in [-0.3, -0.25) is 9.59 Å². The zero-order valence-electron chi connectivity index (χ0n) is 22.3. The van der Waals surface area contributed by atoms with Crippen LogP contribution in [0.2, 0.25) is 0 Å². The van der Waals surface area contributed by atoms with Crippen molar-refractivity contribution in [3.8, 4) is 28.3 Å². The van der Waals surface area contributed by atoms with Crippen molar-refractivity contribution in [1.82, 2.24) is 14.8 Å². The lowest BCUT2D eigenvalue weighted by Crippen LogP contribution is -2.21. The zero-order valence-corrected chi connectivity index (χ0v) is 22.3. The number of benzene rings is 3. The lowest BCUT2D eigenvalue weighted by Gasteiger charge is -2.15. The van der Waals surface area contributed by atoms with Gasteiger partial charge in [-0.05, 0) is 60.7 Å². The summed E-state index contributed by atoms with van der Waals surface area (Å²) in [6.07, 6.45) is -4.78. The molecule has 0 aliphatic rings. The van der Waals surface area contributed by atoms with Gasteiger partial charge in [0.15, 0.2) is 0 Å². The SMILES string of the molecule is CN(C)C(=O)c1cccc(-c2cc(Nc3ccc(OC(F)(F)F)cc3)cc(-c3cccc(C(=O)N(C)C)c3)n2)c1. The van der Waals surface area contributed by atoms with Gasteiger partial charge in [0.1, 0.15) is 5.75 Å². The summed E-state index contributed by atoms with van der Waals surface area (Å²) in [5, 5.41) is 3.20. The number of ether oxygens (including phenoxy) is 1. The van der Waals surface area contributed by atoms with E-state index in [2.05, 4.69) is 10.1 Å². The summed E-state index contributed by atoms with van der Waals surface area (Å²) in [6.45, 7) is 0. The minimum absolute atomic E-state index is 0.160. The number of carbonyl (C=O) groups is 2. The van der Waals surface area contributed by atoms with Crippen LogP contribution in [0, 0.1) is 0 Å². The third-order valence-electron chi connectivity index (χ3n) is 5.82. The lowest BCUT2D eigenvalue weighted by molar-refractivity contribution is -0.274. The number of nitrogens with zero attached hydrogens (tertiary/aromatic N) is 3. The fourth-order valence-electron chi connectivity index (χ4n) is 3.94. The van der Waals surface area contributed by atoms with Gasteiger partial charge in [-0.1, -0.05) is 24.3 Å². The number of alkyl halides is 3. The summed E-state index contributed by atoms with van der Waals surface area (Å²) in [4.78, 5) is 32.9. The first kappa shape index (κ1) is 28.2. The minimum Gasteiger partial charge on any atom is -0.406 e. The zero-order chi connectivity index (χ0) is 29.0. The molecule has 0 unspecified atom stereocenters. The van der Waals surface area contributed by atoms with Gasteiger partial charge in [-0.2, -0.15) is 0 Å². The Hall–Kier alpha value is -4.86. The number of hydrogen-bond donors (Lipinski definition) is 1. The van der Waals surface area contributed by atoms with E-state index in [0.29, 0.717) is 45.0 Å². The Balaban J connectivity index is 1.77. The Morgan fingerprint density at radius 3 is 1.60 bits per heavy atom. The third kappa shape index (κ3) is 6.96. The number of pyridine rings is 1. The molecule has 40 heavy (non-hydrogen) atoms. The van der Waals surface area contributed by atoms with Crippen molar-refractivity contribution < 1.29 is 27.5 Å². The number of carbonyl (C=O) groups excluding carboxylic acids is 2. The normalized spacial score (nSPS) is 11.1. The first-order chi connectivity index (χ1) is 18.9. The van der Waals surface area contributed by atoms with E-state index in [1.165, 1.54) is 34.1 Å². The van der Waals surface area contributed by atoms with Crippen molar-refractivity contribution in [3.05, 3.63) is 96.1 Å². The van der Waals surface area contributed by atoms with E-state index in [1.54, 1.807) is 76.7 Å². The average Bonchev–Trinajstić information content (AvgIpc) is 2.92. The quantitative estimate of drug-likeness (QED) is 0.287. The van der Waals surface area contributed by atoms with Gasteiger partial charge in [0.05, 0.1) is 11.4 Å². The standard InChI is InChI=1S/C30H27F3N4O3/c1-36(2)28(38)21-9-5-7-19(15-21)26-17-24(34-23-11-13-25(14-12-23)40-30(31,32)33)18-27(35-26)20-8-6-10-22(16-20)29(39)37(3)4/h5-18H,1-4H3,(H,34,35). The predicted octanol–water partition coefficient (Wildman–Crippen LogP) is 6.46. The molecule has 1 N–H and O–H groups in total. The number of rotatable bonds is 7. The highest BCUT2D eigenvalue weighted by atomic mass is 19.4. The van der Waals surface area contributed by atoms with Gasteiger partial charge in [0, 0.05) is 61.8 Å². The van der Waals surface area contributed by atoms with Crippen molar-refractivity contribution in [3.63, 3.8) is 0 Å². The molecule has 1 aromatic heterocycles. The van der Waals surface area contributed by atoms with Crippen molar-refractivity contribution in [2.75, 3.05) is 33.5 Å². The Bertz CT molecular complexity index is 1450. The van der Waals surface area contributed by atoms with Crippen LogP contribution >= 0.6 is 0 Å². The number of amides is 2. The fourth-order valence-corrected chi connectivity index (χ4v) is 3.94. The third-order valence-corrected chi connectivity index (χ3v) is 5.82. The number of hydrogen-bond acceptors (Lipinski definition) is 5. The van der Waals surface area contributed by atoms with E-state index in [0.717, 1.165) is 0 Å². The molecule has 10 heteroatoms. The minimum atomic E-state index is -4.78. The first-order valence-corrected chi connectivity index (χ1v) is 12.2. The molecule has 0 bridgehead atoms. The van der Waals surface area contributed by atoms with E-state index in [-0.39, 0.29) is 17.6 Å². The van der Waals surface area contributed by atoms with E-state index >= 15 is 0 Å². The highest BCUT2D eigenvalue weighted by molar-refractivity contribution is 5.96. The van der Waals surface area contributed by atoms with Crippen LogP contribution < -0.4 is 10.1 Å². The molecule has 0 radical (unpaired) electrons. The van der Waals surface area contributed by atoms with Crippen LogP contribution in [-0.2, 0) is 0 Å². The number of halogens is 3. The largest absolute Gasteiger partial charge is 0.573 e. The molecular formula is C30H27F3N4O3. The average molecular weight is 549 g/mol. The molecule has 4 aromatic rings. The second-order valence-corrected chi connectivity index (χ2v) is 9.38. The number of aromatic nitrogens is 1. The van der Waals surface area contributed by atoms with E-state index in [4.69, 9.17) is 4.98 Å². The maximum Gasteiger partial charge on any atom is 0.573 e. The maximum atomic E-state index is 12.6. The van der Waals surface area contributed by atoms with Gasteiger partial charge >= 0.3 is 6.36 Å². The van der Waals surface area contributed by atoms with Crippen LogP contribution in [0.25, 0.3) is 22.5 Å². The molecular weight excluding hydrogens is 521 g/mol. The van der Waals surface area contributed by atoms with E-state index in [1.807, 2.05) is 12.1 Å². The Labute approximate surface area is 229 Å². The molecule has 1 heterocycles. The van der Waals surface area contributed by atoms with Crippen LogP contribution in [0.4, 0.5) is 24.5 Å². The molecule has 7 nitrogen and oxygen atoms in total. The van der Waals surface area contributed by atoms with E-state index in [9.17, 15) is 22.8 Å². The molecule has 206 valence electrons. The van der Waals surface area contributed by atoms with Crippen LogP contribution in [0.15, 0.2) is 84.9 Å². The fraction of sp³-hybridized carbons (Fsp3) is 0.167. The first-order valence-electron chi connectivity index (χ1n) is 12.2. The van der Waals surface area contributed by atoms with Crippen molar-refractivity contribution in [1.29, 1.82) is 0 Å². The summed E-state index contributed by atoms with van der Waals surface area (Å²) < 4.78 is 41.6. The molecule has 0 saturated heterocycles. The molecule has 2 amide bonds. The van der Waals surface area contributed by atoms with Crippen molar-refractivity contribution in [2.45, 2.75) is 6.36 Å². The second-order valence-electron chi connectivity index (χ2n) is 9.38. The molecule has 3 aromatic carbocycles. The van der Waals surface area contributed by atoms with Gasteiger partial charge in [-0.25, -0.2) is 4.98 Å². The lowest BCUT2D eigenvalue weighted by atomic mass is 10.0. The van der Waals surface area contributed by atoms with Crippen LogP contribution in [0.3, 0.4) is 0 Å². The summed E-state index contributed by atoms with van der Waals surface area (Å²) in [7, 11) is 6.68. The van der Waals surface area contributed by atoms with Crippen LogP contribution in [-0.4, -0.2) is 61.2 Å². The Morgan fingerprint density at radius 2 is 1.18 bits per heavy atom. The molecule has 0 aliphatic heterocycles. The van der Waals surface area contributed by atoms with Gasteiger partial charge in [0.25, 0.3) is 11.8 Å². The predicted molar refractivity (Wildman–Crippen MR) is 148 cm³/mol. The molecule has 0 atom stereocenters. The second kappa shape index (κ2) is 11.5. The highest BCUT2D eigenvalue weighted by Gasteiger charge is 2.31. The molecule has 0 saturated carbocycles. The van der Waals surface area contributed by atoms with Gasteiger partial charge < -0.3 is 19.9 Å². The van der Waals surface area contributed by atoms with Gasteiger partial charge in [-0.15, -0.1) is 13.2 Å². The van der Waals surface area contributed by atoms with Gasteiger partial charge in [0.2, 0.25) is 0 Å². The summed E-state index contributed by atoms with van der Waals surface area (Å²) >= 11 is 0. The summed E-state index contributed by atoms with van der Waals surface area (Å²) in [5.41, 5.74) is 4.57. The molecule has 0 spiro atoms. The Kier molecular flexibility index (Phi) is 8.08. The maximum absolute atomic E-state index is 12.6. The van der Waals surface area contributed by atoms with Crippen LogP contribution in [0.5, 0.6) is 5.75 Å². The number of nitrogens with one attached hydrogen (secondary N) is 1. The smallest absolute Gasteiger partial charge is 0.406 e. The summed E-state index contributed by atoms with van der Waals surface area (Å²) in [5.74, 6) is -0.654. The van der Waals surface area contributed by atoms with Crippen molar-refractivity contribution >= 4 is 23.2 Å². The number of anilines is 2. The Morgan fingerprint density at radius 1 is 0.700 bits per heavy atom. The topological polar surface area (TPSA) is 74.8 Å². The highest BCUT2D eigenvalue weighted by Crippen LogP contribution is 2.31. The van der Waals surface area contributed by atoms with E-state index < -0.39 is 6.36 Å². The summed E-state index contributed by atoms with van der Waals surface area (Å²) in [6, 6.07) is 23.0. The molecule has 0 fully saturated rings. The van der Waals surface area contributed by atoms with Crippen molar-refractivity contribution in [2.24, 2.45) is 0 Å². The molecule has 4 rings (SSSR count).